The fraction of sp³-hybridized carbons (Fsp3) is 0.321. The summed E-state index contributed by atoms with van der Waals surface area (Å²) in [4.78, 5) is 65.1. The number of hydrogen-bond acceptors (Lipinski definition) is 7. The molecule has 1 heterocycles. The van der Waals surface area contributed by atoms with E-state index in [9.17, 15) is 39.3 Å². The van der Waals surface area contributed by atoms with Crippen LogP contribution in [0.5, 0.6) is 0 Å². The van der Waals surface area contributed by atoms with E-state index in [-0.39, 0.29) is 12.8 Å². The number of nitrogens with one attached hydrogen (secondary N) is 4. The number of benzene rings is 2. The zero-order valence-electron chi connectivity index (χ0n) is 22.2. The van der Waals surface area contributed by atoms with Gasteiger partial charge in [-0.3, -0.25) is 19.2 Å². The van der Waals surface area contributed by atoms with Crippen LogP contribution in [0.25, 0.3) is 10.9 Å². The molecule has 0 aliphatic rings. The van der Waals surface area contributed by atoms with E-state index in [4.69, 9.17) is 5.73 Å². The number of aliphatic hydroxyl groups excluding tert-OH is 1. The summed E-state index contributed by atoms with van der Waals surface area (Å²) in [5.41, 5.74) is 8.53. The molecule has 5 atom stereocenters. The van der Waals surface area contributed by atoms with Crippen LogP contribution in [-0.2, 0) is 36.8 Å². The van der Waals surface area contributed by atoms with Crippen molar-refractivity contribution >= 4 is 40.6 Å². The number of hydrogen-bond donors (Lipinski definition) is 8. The van der Waals surface area contributed by atoms with Gasteiger partial charge >= 0.3 is 11.9 Å². The highest BCUT2D eigenvalue weighted by Crippen LogP contribution is 2.19. The van der Waals surface area contributed by atoms with E-state index in [0.717, 1.165) is 23.4 Å². The predicted molar refractivity (Wildman–Crippen MR) is 147 cm³/mol. The Hall–Kier alpha value is -4.75. The summed E-state index contributed by atoms with van der Waals surface area (Å²) < 4.78 is 0. The topological polar surface area (TPSA) is 224 Å². The molecule has 0 fully saturated rings. The molecule has 0 radical (unpaired) electrons. The number of aliphatic carboxylic acids is 2. The summed E-state index contributed by atoms with van der Waals surface area (Å²) in [7, 11) is 0. The second-order valence-electron chi connectivity index (χ2n) is 9.65. The van der Waals surface area contributed by atoms with E-state index in [1.54, 1.807) is 36.5 Å². The summed E-state index contributed by atoms with van der Waals surface area (Å²) in [6, 6.07) is 10.4. The van der Waals surface area contributed by atoms with Gasteiger partial charge in [-0.1, -0.05) is 48.5 Å². The monoisotopic (exact) mass is 567 g/mol. The average molecular weight is 568 g/mol. The SMILES string of the molecule is CC(O)C(NC(=O)C(CC(=O)O)NC(=O)C(Cc1ccccc1)NC(=O)C(N)Cc1c[nH]c2ccccc12)C(=O)O. The number of para-hydroxylation sites is 1. The maximum absolute atomic E-state index is 13.3. The molecule has 3 rings (SSSR count). The van der Waals surface area contributed by atoms with Crippen molar-refractivity contribution in [3.05, 3.63) is 71.9 Å². The van der Waals surface area contributed by atoms with E-state index in [1.165, 1.54) is 0 Å². The van der Waals surface area contributed by atoms with E-state index in [1.807, 2.05) is 29.6 Å². The summed E-state index contributed by atoms with van der Waals surface area (Å²) in [5.74, 6) is -5.65. The lowest BCUT2D eigenvalue weighted by Crippen LogP contribution is -2.59. The van der Waals surface area contributed by atoms with Crippen molar-refractivity contribution in [2.24, 2.45) is 5.73 Å². The number of carboxylic acid groups (broad SMARTS) is 2. The number of fused-ring (bicyclic) bond motifs is 1. The number of carbonyl (C=O) groups excluding carboxylic acids is 3. The maximum Gasteiger partial charge on any atom is 0.328 e. The lowest BCUT2D eigenvalue weighted by molar-refractivity contribution is -0.146. The molecule has 0 saturated carbocycles. The van der Waals surface area contributed by atoms with Gasteiger partial charge in [0.1, 0.15) is 12.1 Å². The van der Waals surface area contributed by atoms with Gasteiger partial charge in [0.05, 0.1) is 18.6 Å². The lowest BCUT2D eigenvalue weighted by Gasteiger charge is -2.25. The molecule has 2 aromatic carbocycles. The second kappa shape index (κ2) is 14.1. The van der Waals surface area contributed by atoms with Crippen molar-refractivity contribution < 1.29 is 39.3 Å². The fourth-order valence-electron chi connectivity index (χ4n) is 4.27. The molecule has 5 unspecified atom stereocenters. The molecule has 0 aliphatic heterocycles. The van der Waals surface area contributed by atoms with Gasteiger partial charge < -0.3 is 42.0 Å². The number of aromatic nitrogens is 1. The van der Waals surface area contributed by atoms with Gasteiger partial charge in [-0.25, -0.2) is 4.79 Å². The van der Waals surface area contributed by atoms with E-state index >= 15 is 0 Å². The molecular weight excluding hydrogens is 534 g/mol. The predicted octanol–water partition coefficient (Wildman–Crippen LogP) is -0.325. The molecule has 9 N–H and O–H groups in total. The summed E-state index contributed by atoms with van der Waals surface area (Å²) in [6.45, 7) is 1.13. The second-order valence-corrected chi connectivity index (χ2v) is 9.65. The molecule has 1 aromatic heterocycles. The number of aliphatic hydroxyl groups is 1. The average Bonchev–Trinajstić information content (AvgIpc) is 3.33. The first-order valence-electron chi connectivity index (χ1n) is 12.8. The number of amides is 3. The van der Waals surface area contributed by atoms with Gasteiger partial charge in [0, 0.05) is 23.5 Å². The van der Waals surface area contributed by atoms with E-state index < -0.39 is 66.4 Å². The Morgan fingerprint density at radius 1 is 0.829 bits per heavy atom. The highest BCUT2D eigenvalue weighted by atomic mass is 16.4. The summed E-state index contributed by atoms with van der Waals surface area (Å²) >= 11 is 0. The minimum Gasteiger partial charge on any atom is -0.481 e. The highest BCUT2D eigenvalue weighted by molar-refractivity contribution is 5.96. The van der Waals surface area contributed by atoms with Crippen LogP contribution in [0.2, 0.25) is 0 Å². The quantitative estimate of drug-likeness (QED) is 0.128. The van der Waals surface area contributed by atoms with Crippen molar-refractivity contribution in [3.8, 4) is 0 Å². The lowest BCUT2D eigenvalue weighted by atomic mass is 10.0. The van der Waals surface area contributed by atoms with E-state index in [0.29, 0.717) is 5.56 Å². The first kappa shape index (κ1) is 30.8. The molecule has 0 aliphatic carbocycles. The van der Waals surface area contributed by atoms with Crippen LogP contribution in [-0.4, -0.2) is 80.2 Å². The molecule has 0 saturated heterocycles. The molecule has 13 heteroatoms. The Bertz CT molecular complexity index is 1390. The number of H-pyrrole nitrogens is 1. The number of carbonyl (C=O) groups is 5. The van der Waals surface area contributed by atoms with Crippen molar-refractivity contribution in [1.29, 1.82) is 0 Å². The first-order valence-corrected chi connectivity index (χ1v) is 12.8. The number of rotatable bonds is 14. The van der Waals surface area contributed by atoms with Crippen LogP contribution < -0.4 is 21.7 Å². The Balaban J connectivity index is 1.78. The van der Waals surface area contributed by atoms with Gasteiger partial charge in [0.2, 0.25) is 17.7 Å². The highest BCUT2D eigenvalue weighted by Gasteiger charge is 2.33. The molecule has 0 spiro atoms. The van der Waals surface area contributed by atoms with Crippen molar-refractivity contribution in [1.82, 2.24) is 20.9 Å². The molecule has 0 bridgehead atoms. The van der Waals surface area contributed by atoms with Crippen LogP contribution in [0.15, 0.2) is 60.8 Å². The molecule has 13 nitrogen and oxygen atoms in total. The van der Waals surface area contributed by atoms with Crippen LogP contribution in [0.1, 0.15) is 24.5 Å². The standard InChI is InChI=1S/C28H33N5O8/c1-15(34)24(28(40)41)33-27(39)22(13-23(35)36)32-26(38)21(11-16-7-3-2-4-8-16)31-25(37)19(29)12-17-14-30-20-10-6-5-9-18(17)20/h2-10,14-15,19,21-22,24,30,34H,11-13,29H2,1H3,(H,31,37)(H,32,38)(H,33,39)(H,35,36)(H,40,41). The first-order chi connectivity index (χ1) is 19.5. The zero-order chi connectivity index (χ0) is 30.1. The fourth-order valence-corrected chi connectivity index (χ4v) is 4.27. The molecule has 3 amide bonds. The molecule has 218 valence electrons. The van der Waals surface area contributed by atoms with Crippen LogP contribution in [0, 0.1) is 0 Å². The number of aromatic amines is 1. The van der Waals surface area contributed by atoms with Gasteiger partial charge in [-0.15, -0.1) is 0 Å². The minimum absolute atomic E-state index is 0.00887. The van der Waals surface area contributed by atoms with Gasteiger partial charge in [-0.2, -0.15) is 0 Å². The van der Waals surface area contributed by atoms with Crippen molar-refractivity contribution in [2.75, 3.05) is 0 Å². The molecular formula is C28H33N5O8. The third kappa shape index (κ3) is 8.62. The largest absolute Gasteiger partial charge is 0.481 e. The summed E-state index contributed by atoms with van der Waals surface area (Å²) in [5, 5.41) is 36.1. The van der Waals surface area contributed by atoms with Gasteiger partial charge in [0.25, 0.3) is 0 Å². The molecule has 3 aromatic rings. The van der Waals surface area contributed by atoms with Crippen LogP contribution in [0.3, 0.4) is 0 Å². The zero-order valence-corrected chi connectivity index (χ0v) is 22.2. The smallest absolute Gasteiger partial charge is 0.328 e. The maximum atomic E-state index is 13.3. The molecule has 41 heavy (non-hydrogen) atoms. The Morgan fingerprint density at radius 2 is 1.44 bits per heavy atom. The third-order valence-electron chi connectivity index (χ3n) is 6.43. The Labute approximate surface area is 235 Å². The van der Waals surface area contributed by atoms with Crippen molar-refractivity contribution in [2.45, 2.75) is 56.5 Å². The number of carboxylic acids is 2. The van der Waals surface area contributed by atoms with Crippen LogP contribution >= 0.6 is 0 Å². The Morgan fingerprint density at radius 3 is 2.07 bits per heavy atom. The van der Waals surface area contributed by atoms with Crippen molar-refractivity contribution in [3.63, 3.8) is 0 Å². The summed E-state index contributed by atoms with van der Waals surface area (Å²) in [6.07, 6.45) is -0.476. The van der Waals surface area contributed by atoms with Gasteiger partial charge in [-0.05, 0) is 30.5 Å². The van der Waals surface area contributed by atoms with Crippen LogP contribution in [0.4, 0.5) is 0 Å². The van der Waals surface area contributed by atoms with E-state index in [2.05, 4.69) is 15.6 Å². The van der Waals surface area contributed by atoms with Gasteiger partial charge in [0.15, 0.2) is 6.04 Å². The number of nitrogens with two attached hydrogens (primary N) is 1. The third-order valence-corrected chi connectivity index (χ3v) is 6.43. The normalized spacial score (nSPS) is 14.7. The minimum atomic E-state index is -1.74. The Kier molecular flexibility index (Phi) is 10.6.